The van der Waals surface area contributed by atoms with E-state index in [0.29, 0.717) is 0 Å². The zero-order valence-electron chi connectivity index (χ0n) is 24.6. The topological polar surface area (TPSA) is 0 Å². The molecule has 0 aromatic heterocycles. The van der Waals surface area contributed by atoms with Gasteiger partial charge in [0.25, 0.3) is 0 Å². The minimum atomic E-state index is 1.22. The summed E-state index contributed by atoms with van der Waals surface area (Å²) in [5.74, 6) is 0. The molecular weight excluding hydrogens is 561 g/mol. The van der Waals surface area contributed by atoms with Gasteiger partial charge in [0.05, 0.1) is 0 Å². The fourth-order valence-electron chi connectivity index (χ4n) is 6.96. The molecular formula is C44H28S. The predicted octanol–water partition coefficient (Wildman–Crippen LogP) is 12.8. The second-order valence-electron chi connectivity index (χ2n) is 11.7. The average Bonchev–Trinajstić information content (AvgIpc) is 3.11. The van der Waals surface area contributed by atoms with E-state index in [1.807, 2.05) is 11.8 Å². The quantitative estimate of drug-likeness (QED) is 0.197. The van der Waals surface area contributed by atoms with Crippen LogP contribution in [0.3, 0.4) is 0 Å². The predicted molar refractivity (Wildman–Crippen MR) is 193 cm³/mol. The molecule has 9 rings (SSSR count). The molecule has 0 radical (unpaired) electrons. The first kappa shape index (κ1) is 26.1. The highest BCUT2D eigenvalue weighted by Gasteiger charge is 2.20. The van der Waals surface area contributed by atoms with E-state index in [-0.39, 0.29) is 0 Å². The molecule has 1 aliphatic heterocycles. The molecule has 0 saturated heterocycles. The Morgan fingerprint density at radius 2 is 0.933 bits per heavy atom. The van der Waals surface area contributed by atoms with Crippen LogP contribution in [-0.2, 0) is 0 Å². The molecule has 0 fully saturated rings. The van der Waals surface area contributed by atoms with Gasteiger partial charge in [0, 0.05) is 15.2 Å². The normalized spacial score (nSPS) is 11.9. The van der Waals surface area contributed by atoms with Crippen molar-refractivity contribution in [3.8, 4) is 55.6 Å². The summed E-state index contributed by atoms with van der Waals surface area (Å²) in [5, 5.41) is 5.20. The summed E-state index contributed by atoms with van der Waals surface area (Å²) in [6, 6.07) is 62.2. The molecule has 1 aliphatic rings. The number of rotatable bonds is 4. The van der Waals surface area contributed by atoms with Gasteiger partial charge in [0.15, 0.2) is 0 Å². The molecule has 210 valence electrons. The van der Waals surface area contributed by atoms with E-state index in [1.54, 1.807) is 0 Å². The van der Waals surface area contributed by atoms with Crippen molar-refractivity contribution in [2.45, 2.75) is 9.79 Å². The highest BCUT2D eigenvalue weighted by molar-refractivity contribution is 7.99. The van der Waals surface area contributed by atoms with E-state index in [0.717, 1.165) is 0 Å². The molecule has 1 heteroatoms. The van der Waals surface area contributed by atoms with Crippen molar-refractivity contribution in [2.24, 2.45) is 0 Å². The Morgan fingerprint density at radius 1 is 0.311 bits per heavy atom. The maximum atomic E-state index is 2.36. The van der Waals surface area contributed by atoms with Crippen molar-refractivity contribution in [3.05, 3.63) is 170 Å². The minimum absolute atomic E-state index is 1.22. The van der Waals surface area contributed by atoms with Gasteiger partial charge in [-0.15, -0.1) is 0 Å². The monoisotopic (exact) mass is 588 g/mol. The Balaban J connectivity index is 1.15. The van der Waals surface area contributed by atoms with Gasteiger partial charge in [-0.3, -0.25) is 0 Å². The van der Waals surface area contributed by atoms with Crippen LogP contribution in [0.25, 0.3) is 77.2 Å². The zero-order chi connectivity index (χ0) is 29.7. The van der Waals surface area contributed by atoms with Gasteiger partial charge in [-0.25, -0.2) is 0 Å². The Hall–Kier alpha value is -5.37. The Bertz CT molecular complexity index is 2380. The van der Waals surface area contributed by atoms with Crippen molar-refractivity contribution in [2.75, 3.05) is 0 Å². The summed E-state index contributed by atoms with van der Waals surface area (Å²) in [6.45, 7) is 0. The van der Waals surface area contributed by atoms with E-state index >= 15 is 0 Å². The third-order valence-electron chi connectivity index (χ3n) is 9.10. The number of hydrogen-bond acceptors (Lipinski definition) is 1. The lowest BCUT2D eigenvalue weighted by atomic mass is 9.86. The summed E-state index contributed by atoms with van der Waals surface area (Å²) in [7, 11) is 0. The fourth-order valence-corrected chi connectivity index (χ4v) is 8.15. The summed E-state index contributed by atoms with van der Waals surface area (Å²) in [6.07, 6.45) is 0. The van der Waals surface area contributed by atoms with Crippen LogP contribution < -0.4 is 0 Å². The van der Waals surface area contributed by atoms with Gasteiger partial charge >= 0.3 is 0 Å². The minimum Gasteiger partial charge on any atom is -0.0888 e. The summed E-state index contributed by atoms with van der Waals surface area (Å²) in [5.41, 5.74) is 12.6. The fraction of sp³-hybridized carbons (Fsp3) is 0. The van der Waals surface area contributed by atoms with Crippen molar-refractivity contribution < 1.29 is 0 Å². The SMILES string of the molecule is c1ccc(-c2ccccc2-c2c(-c3ccc(-c4ccc5c(c4)Sc4cccc6cccc-5c46)cc3)ccc3ccccc23)cc1. The van der Waals surface area contributed by atoms with Crippen molar-refractivity contribution in [1.29, 1.82) is 0 Å². The third kappa shape index (κ3) is 4.39. The molecule has 0 nitrogen and oxygen atoms in total. The lowest BCUT2D eigenvalue weighted by Crippen LogP contribution is -1.93. The van der Waals surface area contributed by atoms with Crippen LogP contribution in [-0.4, -0.2) is 0 Å². The van der Waals surface area contributed by atoms with Crippen LogP contribution in [0.2, 0.25) is 0 Å². The molecule has 1 heterocycles. The first-order chi connectivity index (χ1) is 22.3. The smallest absolute Gasteiger partial charge is 0.0207 e. The van der Waals surface area contributed by atoms with Crippen LogP contribution in [0.1, 0.15) is 0 Å². The highest BCUT2D eigenvalue weighted by Crippen LogP contribution is 2.49. The van der Waals surface area contributed by atoms with Crippen LogP contribution in [0.5, 0.6) is 0 Å². The first-order valence-electron chi connectivity index (χ1n) is 15.4. The van der Waals surface area contributed by atoms with E-state index in [4.69, 9.17) is 0 Å². The molecule has 0 N–H and O–H groups in total. The van der Waals surface area contributed by atoms with E-state index in [2.05, 4.69) is 170 Å². The lowest BCUT2D eigenvalue weighted by molar-refractivity contribution is 1.39. The Morgan fingerprint density at radius 3 is 1.80 bits per heavy atom. The molecule has 0 unspecified atom stereocenters. The van der Waals surface area contributed by atoms with E-state index < -0.39 is 0 Å². The Kier molecular flexibility index (Phi) is 6.18. The van der Waals surface area contributed by atoms with Gasteiger partial charge in [0.1, 0.15) is 0 Å². The second-order valence-corrected chi connectivity index (χ2v) is 12.8. The number of hydrogen-bond donors (Lipinski definition) is 0. The highest BCUT2D eigenvalue weighted by atomic mass is 32.2. The first-order valence-corrected chi connectivity index (χ1v) is 16.2. The molecule has 45 heavy (non-hydrogen) atoms. The summed E-state index contributed by atoms with van der Waals surface area (Å²) in [4.78, 5) is 2.65. The molecule has 0 bridgehead atoms. The largest absolute Gasteiger partial charge is 0.0888 e. The summed E-state index contributed by atoms with van der Waals surface area (Å²) < 4.78 is 0. The van der Waals surface area contributed by atoms with Crippen LogP contribution >= 0.6 is 11.8 Å². The molecule has 0 saturated carbocycles. The van der Waals surface area contributed by atoms with Crippen molar-refractivity contribution in [1.82, 2.24) is 0 Å². The molecule has 0 aliphatic carbocycles. The summed E-state index contributed by atoms with van der Waals surface area (Å²) >= 11 is 1.88. The Labute approximate surface area is 267 Å². The molecule has 0 amide bonds. The zero-order valence-corrected chi connectivity index (χ0v) is 25.4. The van der Waals surface area contributed by atoms with Crippen molar-refractivity contribution in [3.63, 3.8) is 0 Å². The molecule has 8 aromatic carbocycles. The number of fused-ring (bicyclic) bond motifs is 3. The second kappa shape index (κ2) is 10.7. The van der Waals surface area contributed by atoms with E-state index in [9.17, 15) is 0 Å². The third-order valence-corrected chi connectivity index (χ3v) is 10.2. The van der Waals surface area contributed by atoms with Crippen LogP contribution in [0.15, 0.2) is 180 Å². The average molecular weight is 589 g/mol. The van der Waals surface area contributed by atoms with Gasteiger partial charge in [-0.2, -0.15) is 0 Å². The van der Waals surface area contributed by atoms with Gasteiger partial charge < -0.3 is 0 Å². The lowest BCUT2D eigenvalue weighted by Gasteiger charge is -2.21. The maximum Gasteiger partial charge on any atom is 0.0207 e. The van der Waals surface area contributed by atoms with Gasteiger partial charge in [-0.05, 0) is 83.9 Å². The van der Waals surface area contributed by atoms with Gasteiger partial charge in [0.2, 0.25) is 0 Å². The van der Waals surface area contributed by atoms with Gasteiger partial charge in [-0.1, -0.05) is 169 Å². The van der Waals surface area contributed by atoms with E-state index in [1.165, 1.54) is 87.0 Å². The van der Waals surface area contributed by atoms with Crippen LogP contribution in [0.4, 0.5) is 0 Å². The maximum absolute atomic E-state index is 2.36. The van der Waals surface area contributed by atoms with Crippen LogP contribution in [0, 0.1) is 0 Å². The molecule has 0 atom stereocenters. The molecule has 0 spiro atoms. The molecule has 8 aromatic rings. The standard InChI is InChI=1S/C44H28S/c1-2-10-30(11-3-1)35-15-6-7-17-39(35)44-36-16-5-4-12-31(36)24-26-37(44)32-22-20-29(21-23-32)34-25-27-38-40-18-8-13-33-14-9-19-41(43(33)40)45-42(38)28-34/h1-28H. The number of benzene rings is 8. The van der Waals surface area contributed by atoms with Crippen molar-refractivity contribution >= 4 is 33.3 Å².